The lowest BCUT2D eigenvalue weighted by atomic mass is 10.2. The van der Waals surface area contributed by atoms with Gasteiger partial charge in [-0.1, -0.05) is 19.1 Å². The highest BCUT2D eigenvalue weighted by molar-refractivity contribution is 5.94. The zero-order chi connectivity index (χ0) is 17.7. The molecule has 1 N–H and O–H groups in total. The van der Waals surface area contributed by atoms with E-state index in [4.69, 9.17) is 4.74 Å². The molecule has 0 aromatic heterocycles. The third-order valence-corrected chi connectivity index (χ3v) is 3.41. The highest BCUT2D eigenvalue weighted by Crippen LogP contribution is 2.29. The lowest BCUT2D eigenvalue weighted by Crippen LogP contribution is -2.32. The monoisotopic (exact) mass is 337 g/mol. The number of carbonyl (C=O) groups is 1. The maximum atomic E-state index is 12.5. The second-order valence-electron chi connectivity index (χ2n) is 5.40. The van der Waals surface area contributed by atoms with E-state index in [0.717, 1.165) is 17.7 Å². The molecule has 128 valence electrons. The van der Waals surface area contributed by atoms with Crippen molar-refractivity contribution in [1.82, 2.24) is 0 Å². The maximum Gasteiger partial charge on any atom is 0.416 e. The van der Waals surface area contributed by atoms with E-state index in [2.05, 4.69) is 5.32 Å². The molecule has 0 saturated carbocycles. The topological polar surface area (TPSA) is 38.3 Å². The van der Waals surface area contributed by atoms with Gasteiger partial charge in [-0.25, -0.2) is 0 Å². The highest BCUT2D eigenvalue weighted by Gasteiger charge is 2.30. The van der Waals surface area contributed by atoms with Crippen LogP contribution in [-0.4, -0.2) is 12.0 Å². The van der Waals surface area contributed by atoms with E-state index >= 15 is 0 Å². The first kappa shape index (κ1) is 17.8. The molecule has 1 amide bonds. The quantitative estimate of drug-likeness (QED) is 0.850. The standard InChI is InChI=1S/C18H18F3NO2/c1-3-16(24-15-6-4-5-12(2)11-15)17(23)22-14-9-7-13(8-10-14)18(19,20)21/h4-11,16H,3H2,1-2H3,(H,22,23)/t16-/m1/s1. The van der Waals surface area contributed by atoms with Crippen LogP contribution < -0.4 is 10.1 Å². The van der Waals surface area contributed by atoms with E-state index in [1.807, 2.05) is 25.1 Å². The van der Waals surface area contributed by atoms with Gasteiger partial charge in [0, 0.05) is 5.69 Å². The Kier molecular flexibility index (Phi) is 5.49. The van der Waals surface area contributed by atoms with Gasteiger partial charge in [0.05, 0.1) is 5.56 Å². The van der Waals surface area contributed by atoms with Crippen molar-refractivity contribution in [3.8, 4) is 5.75 Å². The summed E-state index contributed by atoms with van der Waals surface area (Å²) < 4.78 is 43.3. The fourth-order valence-electron chi connectivity index (χ4n) is 2.14. The van der Waals surface area contributed by atoms with Gasteiger partial charge in [-0.2, -0.15) is 13.2 Å². The van der Waals surface area contributed by atoms with Crippen molar-refractivity contribution in [2.24, 2.45) is 0 Å². The predicted molar refractivity (Wildman–Crippen MR) is 86.0 cm³/mol. The Labute approximate surface area is 138 Å². The van der Waals surface area contributed by atoms with Gasteiger partial charge in [-0.15, -0.1) is 0 Å². The number of anilines is 1. The molecule has 0 bridgehead atoms. The minimum atomic E-state index is -4.40. The molecular formula is C18H18F3NO2. The van der Waals surface area contributed by atoms with Crippen LogP contribution in [0.15, 0.2) is 48.5 Å². The molecule has 0 fully saturated rings. The molecule has 2 aromatic rings. The highest BCUT2D eigenvalue weighted by atomic mass is 19.4. The lowest BCUT2D eigenvalue weighted by Gasteiger charge is -2.18. The van der Waals surface area contributed by atoms with Gasteiger partial charge in [0.15, 0.2) is 6.10 Å². The number of benzene rings is 2. The van der Waals surface area contributed by atoms with Gasteiger partial charge in [0.1, 0.15) is 5.75 Å². The molecule has 0 radical (unpaired) electrons. The minimum Gasteiger partial charge on any atom is -0.481 e. The van der Waals surface area contributed by atoms with Crippen LogP contribution in [0.2, 0.25) is 0 Å². The van der Waals surface area contributed by atoms with Gasteiger partial charge in [0.25, 0.3) is 5.91 Å². The Bertz CT molecular complexity index is 696. The Morgan fingerprint density at radius 2 is 1.83 bits per heavy atom. The summed E-state index contributed by atoms with van der Waals surface area (Å²) in [4.78, 5) is 12.3. The molecule has 0 aliphatic heterocycles. The minimum absolute atomic E-state index is 0.291. The number of amides is 1. The molecule has 24 heavy (non-hydrogen) atoms. The fourth-order valence-corrected chi connectivity index (χ4v) is 2.14. The number of halogens is 3. The molecule has 0 spiro atoms. The average molecular weight is 337 g/mol. The normalized spacial score (nSPS) is 12.5. The van der Waals surface area contributed by atoms with Crippen LogP contribution in [0.3, 0.4) is 0 Å². The number of aryl methyl sites for hydroxylation is 1. The number of hydrogen-bond donors (Lipinski definition) is 1. The maximum absolute atomic E-state index is 12.5. The van der Waals surface area contributed by atoms with E-state index in [0.29, 0.717) is 17.9 Å². The van der Waals surface area contributed by atoms with E-state index < -0.39 is 23.8 Å². The number of hydrogen-bond acceptors (Lipinski definition) is 2. The van der Waals surface area contributed by atoms with Crippen molar-refractivity contribution in [1.29, 1.82) is 0 Å². The molecule has 0 aliphatic rings. The van der Waals surface area contributed by atoms with Gasteiger partial charge in [0.2, 0.25) is 0 Å². The summed E-state index contributed by atoms with van der Waals surface area (Å²) in [5.74, 6) is 0.170. The van der Waals surface area contributed by atoms with Gasteiger partial charge in [-0.05, 0) is 55.3 Å². The van der Waals surface area contributed by atoms with Gasteiger partial charge < -0.3 is 10.1 Å². The van der Waals surface area contributed by atoms with Crippen LogP contribution in [0, 0.1) is 6.92 Å². The summed E-state index contributed by atoms with van der Waals surface area (Å²) in [7, 11) is 0. The van der Waals surface area contributed by atoms with Gasteiger partial charge >= 0.3 is 6.18 Å². The molecule has 0 saturated heterocycles. The summed E-state index contributed by atoms with van der Waals surface area (Å²) in [6, 6.07) is 11.6. The third-order valence-electron chi connectivity index (χ3n) is 3.41. The van der Waals surface area contributed by atoms with E-state index in [-0.39, 0.29) is 0 Å². The largest absolute Gasteiger partial charge is 0.481 e. The zero-order valence-corrected chi connectivity index (χ0v) is 13.4. The van der Waals surface area contributed by atoms with Crippen molar-refractivity contribution in [3.05, 3.63) is 59.7 Å². The van der Waals surface area contributed by atoms with Crippen LogP contribution in [-0.2, 0) is 11.0 Å². The second kappa shape index (κ2) is 7.38. The summed E-state index contributed by atoms with van der Waals surface area (Å²) >= 11 is 0. The number of ether oxygens (including phenoxy) is 1. The molecule has 0 aliphatic carbocycles. The van der Waals surface area contributed by atoms with Gasteiger partial charge in [-0.3, -0.25) is 4.79 Å². The van der Waals surface area contributed by atoms with E-state index in [1.54, 1.807) is 13.0 Å². The number of rotatable bonds is 5. The molecule has 0 heterocycles. The molecule has 0 unspecified atom stereocenters. The molecule has 2 rings (SSSR count). The molecule has 1 atom stereocenters. The lowest BCUT2D eigenvalue weighted by molar-refractivity contribution is -0.137. The number of nitrogens with one attached hydrogen (secondary N) is 1. The SMILES string of the molecule is CC[C@@H](Oc1cccc(C)c1)C(=O)Nc1ccc(C(F)(F)F)cc1. The summed E-state index contributed by atoms with van der Waals surface area (Å²) in [5.41, 5.74) is 0.536. The first-order chi connectivity index (χ1) is 11.3. The van der Waals surface area contributed by atoms with Crippen molar-refractivity contribution >= 4 is 11.6 Å². The van der Waals surface area contributed by atoms with Crippen molar-refractivity contribution in [2.45, 2.75) is 32.5 Å². The first-order valence-electron chi connectivity index (χ1n) is 7.51. The average Bonchev–Trinajstić information content (AvgIpc) is 2.52. The Morgan fingerprint density at radius 1 is 1.17 bits per heavy atom. The van der Waals surface area contributed by atoms with Crippen LogP contribution >= 0.6 is 0 Å². The van der Waals surface area contributed by atoms with Crippen molar-refractivity contribution in [2.75, 3.05) is 5.32 Å². The third kappa shape index (κ3) is 4.75. The zero-order valence-electron chi connectivity index (χ0n) is 13.4. The van der Waals surface area contributed by atoms with Crippen LogP contribution in [0.25, 0.3) is 0 Å². The van der Waals surface area contributed by atoms with Crippen LogP contribution in [0.1, 0.15) is 24.5 Å². The second-order valence-corrected chi connectivity index (χ2v) is 5.40. The molecule has 3 nitrogen and oxygen atoms in total. The smallest absolute Gasteiger partial charge is 0.416 e. The Balaban J connectivity index is 2.04. The Hall–Kier alpha value is -2.50. The van der Waals surface area contributed by atoms with Crippen LogP contribution in [0.4, 0.5) is 18.9 Å². The fraction of sp³-hybridized carbons (Fsp3) is 0.278. The number of carbonyl (C=O) groups excluding carboxylic acids is 1. The summed E-state index contributed by atoms with van der Waals surface area (Å²) in [5, 5.41) is 2.58. The first-order valence-corrected chi connectivity index (χ1v) is 7.51. The molecule has 6 heteroatoms. The van der Waals surface area contributed by atoms with Crippen LogP contribution in [0.5, 0.6) is 5.75 Å². The summed E-state index contributed by atoms with van der Waals surface area (Å²) in [6.07, 6.45) is -4.70. The van der Waals surface area contributed by atoms with Crippen molar-refractivity contribution < 1.29 is 22.7 Å². The molecular weight excluding hydrogens is 319 g/mol. The predicted octanol–water partition coefficient (Wildman–Crippen LogP) is 4.81. The van der Waals surface area contributed by atoms with Crippen molar-refractivity contribution in [3.63, 3.8) is 0 Å². The van der Waals surface area contributed by atoms with E-state index in [9.17, 15) is 18.0 Å². The Morgan fingerprint density at radius 3 is 2.38 bits per heavy atom. The summed E-state index contributed by atoms with van der Waals surface area (Å²) in [6.45, 7) is 3.71. The molecule has 2 aromatic carbocycles. The number of alkyl halides is 3. The van der Waals surface area contributed by atoms with E-state index in [1.165, 1.54) is 12.1 Å².